The molecule has 0 bridgehead atoms. The van der Waals surface area contributed by atoms with E-state index in [1.165, 1.54) is 129 Å². The standard InChI is InChI=1S/C50H30N10O6S10.2Na.2H/c61-75(62,63)39-23-29(51-45-57-41(71-47-53-31-9-1-5-13-35(31)67-47)25-42(58-45)72-48-54-32-10-2-6-14-36(32)68-48)21-19-27(39)17-18-28-20-22-30(24-40(28)76(64,65)66)52-46-59-43(73-49-55-33-11-3-7-15-37(33)69-49)26-44(60-46)74-50-56-34-12-4-8-16-38(34)70-50;;;;/h1-26H,(H,51,57,58)(H,52,59,60)(H,61,62,63)(H,64,65,66);;;;/q;2*+1;2*-1. The van der Waals surface area contributed by atoms with Crippen molar-refractivity contribution in [3.63, 3.8) is 0 Å². The first-order valence-electron chi connectivity index (χ1n) is 22.1. The van der Waals surface area contributed by atoms with Gasteiger partial charge >= 0.3 is 59.1 Å². The zero-order valence-corrected chi connectivity index (χ0v) is 52.4. The second kappa shape index (κ2) is 24.4. The van der Waals surface area contributed by atoms with Crippen molar-refractivity contribution in [3.8, 4) is 0 Å². The van der Waals surface area contributed by atoms with Gasteiger partial charge in [0.05, 0.1) is 40.9 Å². The second-order valence-corrected chi connectivity index (χ2v) is 27.9. The number of anilines is 4. The van der Waals surface area contributed by atoms with Crippen molar-refractivity contribution >= 4 is 189 Å². The SMILES string of the molecule is O=S(=O)(O)c1cc(Nc2nc(Sc3nc4ccccc4s3)cc(Sc3nc4ccccc4s3)n2)ccc1C=Cc1ccc(Nc2nc(Sc3nc4ccccc4s3)cc(Sc3nc4ccccc4s3)n2)cc1S(=O)(=O)O.[H-].[H-].[Na+].[Na+]. The molecule has 6 heterocycles. The van der Waals surface area contributed by atoms with Crippen molar-refractivity contribution in [2.24, 2.45) is 0 Å². The number of nitrogens with zero attached hydrogens (tertiary/aromatic N) is 8. The molecule has 0 aliphatic rings. The average molecular weight is 1240 g/mol. The molecular weight excluding hydrogens is 1200 g/mol. The molecule has 6 aromatic heterocycles. The van der Waals surface area contributed by atoms with Gasteiger partial charge in [-0.15, -0.1) is 45.3 Å². The Kier molecular flexibility index (Phi) is 17.8. The van der Waals surface area contributed by atoms with E-state index in [-0.39, 0.29) is 96.4 Å². The predicted octanol–water partition coefficient (Wildman–Crippen LogP) is 8.69. The van der Waals surface area contributed by atoms with Crippen LogP contribution in [-0.2, 0) is 20.2 Å². The third kappa shape index (κ3) is 13.5. The first-order chi connectivity index (χ1) is 36.8. The zero-order chi connectivity index (χ0) is 52.0. The third-order valence-corrected chi connectivity index (χ3v) is 20.6. The van der Waals surface area contributed by atoms with Crippen molar-refractivity contribution in [2.75, 3.05) is 10.6 Å². The van der Waals surface area contributed by atoms with Gasteiger partial charge in [-0.3, -0.25) is 9.11 Å². The Hall–Kier alpha value is -4.40. The van der Waals surface area contributed by atoms with E-state index < -0.39 is 30.0 Å². The zero-order valence-electron chi connectivity index (χ0n) is 42.2. The van der Waals surface area contributed by atoms with Gasteiger partial charge in [0.1, 0.15) is 29.9 Å². The summed E-state index contributed by atoms with van der Waals surface area (Å²) in [5.41, 5.74) is 3.91. The van der Waals surface area contributed by atoms with Crippen LogP contribution in [0, 0.1) is 0 Å². The second-order valence-electron chi connectivity index (χ2n) is 16.0. The summed E-state index contributed by atoms with van der Waals surface area (Å²) in [5.74, 6) is 0.274. The molecule has 0 unspecified atom stereocenters. The molecule has 78 heavy (non-hydrogen) atoms. The van der Waals surface area contributed by atoms with Gasteiger partial charge in [0.25, 0.3) is 20.2 Å². The summed E-state index contributed by atoms with van der Waals surface area (Å²) >= 11 is 11.5. The van der Waals surface area contributed by atoms with Gasteiger partial charge < -0.3 is 13.5 Å². The molecule has 0 aliphatic heterocycles. The summed E-state index contributed by atoms with van der Waals surface area (Å²) in [6.45, 7) is 0. The van der Waals surface area contributed by atoms with Crippen LogP contribution >= 0.6 is 92.4 Å². The number of nitrogens with one attached hydrogen (secondary N) is 2. The predicted molar refractivity (Wildman–Crippen MR) is 309 cm³/mol. The van der Waals surface area contributed by atoms with Gasteiger partial charge in [-0.25, -0.2) is 39.9 Å². The minimum absolute atomic E-state index is 0. The molecule has 0 atom stereocenters. The summed E-state index contributed by atoms with van der Waals surface area (Å²) in [6, 6.07) is 43.3. The number of aromatic nitrogens is 8. The number of thiazole rings is 4. The maximum atomic E-state index is 13.0. The Morgan fingerprint density at radius 1 is 0.397 bits per heavy atom. The summed E-state index contributed by atoms with van der Waals surface area (Å²) in [4.78, 5) is 37.0. The van der Waals surface area contributed by atoms with Gasteiger partial charge in [0.15, 0.2) is 17.4 Å². The molecule has 12 rings (SSSR count). The van der Waals surface area contributed by atoms with Crippen molar-refractivity contribution in [1.82, 2.24) is 39.9 Å². The van der Waals surface area contributed by atoms with Crippen molar-refractivity contribution in [1.29, 1.82) is 0 Å². The molecule has 0 fully saturated rings. The van der Waals surface area contributed by atoms with Crippen LogP contribution < -0.4 is 69.7 Å². The number of hydrogen-bond acceptors (Lipinski definition) is 22. The van der Waals surface area contributed by atoms with Gasteiger partial charge in [-0.1, -0.05) is 72.8 Å². The van der Waals surface area contributed by atoms with Crippen LogP contribution in [0.4, 0.5) is 23.3 Å². The molecular formula is C50H32N10Na2O6S10. The Bertz CT molecular complexity index is 3910. The van der Waals surface area contributed by atoms with Crippen LogP contribution in [0.2, 0.25) is 0 Å². The monoisotopic (exact) mass is 1230 g/mol. The van der Waals surface area contributed by atoms with Crippen LogP contribution in [0.1, 0.15) is 14.0 Å². The molecule has 16 nitrogen and oxygen atoms in total. The number of hydrogen-bond donors (Lipinski definition) is 4. The largest absolute Gasteiger partial charge is 1.00 e. The summed E-state index contributed by atoms with van der Waals surface area (Å²) in [6.07, 6.45) is 2.64. The molecule has 6 aromatic carbocycles. The minimum atomic E-state index is -4.87. The molecule has 380 valence electrons. The summed E-state index contributed by atoms with van der Waals surface area (Å²) in [7, 11) is -9.75. The van der Waals surface area contributed by atoms with Crippen molar-refractivity contribution in [3.05, 3.63) is 157 Å². The Labute approximate surface area is 525 Å². The van der Waals surface area contributed by atoms with E-state index in [1.807, 2.05) is 109 Å². The van der Waals surface area contributed by atoms with Crippen molar-refractivity contribution in [2.45, 2.75) is 47.3 Å². The van der Waals surface area contributed by atoms with E-state index in [9.17, 15) is 25.9 Å². The molecule has 12 aromatic rings. The molecule has 0 spiro atoms. The maximum Gasteiger partial charge on any atom is 1.00 e. The summed E-state index contributed by atoms with van der Waals surface area (Å²) < 4.78 is 80.1. The maximum absolute atomic E-state index is 13.0. The summed E-state index contributed by atoms with van der Waals surface area (Å²) in [5, 5.41) is 8.46. The van der Waals surface area contributed by atoms with Crippen molar-refractivity contribution < 1.29 is 87.9 Å². The van der Waals surface area contributed by atoms with Crippen LogP contribution in [-0.4, -0.2) is 65.8 Å². The molecule has 0 aliphatic carbocycles. The fourth-order valence-electron chi connectivity index (χ4n) is 7.45. The molecule has 0 saturated carbocycles. The topological polar surface area (TPSA) is 236 Å². The smallest absolute Gasteiger partial charge is 1.00 e. The van der Waals surface area contributed by atoms with Gasteiger partial charge in [0, 0.05) is 23.5 Å². The van der Waals surface area contributed by atoms with Crippen LogP contribution in [0.15, 0.2) is 193 Å². The average Bonchev–Trinajstić information content (AvgIpc) is 4.20. The van der Waals surface area contributed by atoms with Crippen LogP contribution in [0.3, 0.4) is 0 Å². The van der Waals surface area contributed by atoms with E-state index in [0.717, 1.165) is 58.2 Å². The molecule has 0 radical (unpaired) electrons. The quantitative estimate of drug-likeness (QED) is 0.0306. The van der Waals surface area contributed by atoms with Gasteiger partial charge in [0.2, 0.25) is 11.9 Å². The molecule has 28 heteroatoms. The fourth-order valence-corrected chi connectivity index (χ4v) is 17.1. The third-order valence-electron chi connectivity index (χ3n) is 10.8. The van der Waals surface area contributed by atoms with E-state index in [4.69, 9.17) is 39.9 Å². The number of rotatable bonds is 16. The Morgan fingerprint density at radius 2 is 0.679 bits per heavy atom. The number of benzene rings is 6. The number of para-hydroxylation sites is 4. The van der Waals surface area contributed by atoms with E-state index in [0.29, 0.717) is 20.1 Å². The van der Waals surface area contributed by atoms with E-state index >= 15 is 0 Å². The molecule has 4 N–H and O–H groups in total. The van der Waals surface area contributed by atoms with Crippen LogP contribution in [0.25, 0.3) is 53.0 Å². The Balaban J connectivity index is 0.00000210. The van der Waals surface area contributed by atoms with E-state index in [1.54, 1.807) is 12.1 Å². The first-order valence-corrected chi connectivity index (χ1v) is 31.5. The number of fused-ring (bicyclic) bond motifs is 4. The first kappa shape index (κ1) is 56.9. The normalized spacial score (nSPS) is 11.9. The van der Waals surface area contributed by atoms with Crippen LogP contribution in [0.5, 0.6) is 0 Å². The van der Waals surface area contributed by atoms with E-state index in [2.05, 4.69) is 10.6 Å². The minimum Gasteiger partial charge on any atom is -1.00 e. The van der Waals surface area contributed by atoms with Gasteiger partial charge in [-0.2, -0.15) is 16.8 Å². The Morgan fingerprint density at radius 3 is 0.949 bits per heavy atom. The molecule has 0 amide bonds. The molecule has 0 saturated heterocycles. The van der Waals surface area contributed by atoms with Gasteiger partial charge in [-0.05, 0) is 131 Å². The fraction of sp³-hybridized carbons (Fsp3) is 0.